The molecular weight excluding hydrogens is 300 g/mol. The fourth-order valence-electron chi connectivity index (χ4n) is 2.60. The first kappa shape index (κ1) is 14.9. The summed E-state index contributed by atoms with van der Waals surface area (Å²) in [6, 6.07) is 11.3. The van der Waals surface area contributed by atoms with Crippen molar-refractivity contribution >= 4 is 17.7 Å². The van der Waals surface area contributed by atoms with Gasteiger partial charge in [0.05, 0.1) is 12.2 Å². The molecule has 22 heavy (non-hydrogen) atoms. The van der Waals surface area contributed by atoms with Crippen LogP contribution in [0.2, 0.25) is 0 Å². The number of carbonyl (C=O) groups is 1. The number of aryl methyl sites for hydroxylation is 1. The molecule has 4 nitrogen and oxygen atoms in total. The summed E-state index contributed by atoms with van der Waals surface area (Å²) in [5, 5.41) is 18.2. The Bertz CT molecular complexity index is 712. The number of rotatable bonds is 4. The van der Waals surface area contributed by atoms with Crippen LogP contribution in [0.3, 0.4) is 0 Å². The van der Waals surface area contributed by atoms with Gasteiger partial charge in [0, 0.05) is 9.79 Å². The molecule has 0 radical (unpaired) electrons. The van der Waals surface area contributed by atoms with Crippen molar-refractivity contribution in [3.05, 3.63) is 53.1 Å². The molecule has 0 saturated heterocycles. The highest BCUT2D eigenvalue weighted by molar-refractivity contribution is 7.99. The van der Waals surface area contributed by atoms with Gasteiger partial charge in [-0.25, -0.2) is 4.79 Å². The highest BCUT2D eigenvalue weighted by atomic mass is 32.2. The lowest BCUT2D eigenvalue weighted by Gasteiger charge is -2.09. The number of aliphatic hydroxyl groups excluding tert-OH is 1. The molecule has 114 valence electrons. The van der Waals surface area contributed by atoms with Gasteiger partial charge in [0.25, 0.3) is 0 Å². The van der Waals surface area contributed by atoms with Crippen LogP contribution in [-0.2, 0) is 12.8 Å². The van der Waals surface area contributed by atoms with E-state index in [9.17, 15) is 9.90 Å². The minimum Gasteiger partial charge on any atom is -0.491 e. The van der Waals surface area contributed by atoms with Gasteiger partial charge in [0.15, 0.2) is 0 Å². The van der Waals surface area contributed by atoms with Crippen molar-refractivity contribution in [2.24, 2.45) is 0 Å². The number of hydrogen-bond donors (Lipinski definition) is 2. The zero-order chi connectivity index (χ0) is 15.5. The zero-order valence-corrected chi connectivity index (χ0v) is 12.7. The van der Waals surface area contributed by atoms with Crippen molar-refractivity contribution in [2.45, 2.75) is 22.6 Å². The Labute approximate surface area is 132 Å². The first-order chi connectivity index (χ1) is 10.7. The normalized spacial score (nSPS) is 13.0. The standard InChI is InChI=1S/C17H16O4S/c18-8-9-21-12-5-7-15-11(10-12)4-6-13-14(17(19)20)2-1-3-16(13)22-15/h1-3,5,7,10,18H,4,6,8-9H2,(H,19,20). The minimum absolute atomic E-state index is 0.0146. The van der Waals surface area contributed by atoms with E-state index in [1.54, 1.807) is 23.9 Å². The molecule has 0 atom stereocenters. The second-order valence-corrected chi connectivity index (χ2v) is 6.11. The largest absolute Gasteiger partial charge is 0.491 e. The van der Waals surface area contributed by atoms with E-state index >= 15 is 0 Å². The maximum atomic E-state index is 11.4. The topological polar surface area (TPSA) is 66.8 Å². The molecule has 2 N–H and O–H groups in total. The van der Waals surface area contributed by atoms with Crippen molar-refractivity contribution < 1.29 is 19.7 Å². The van der Waals surface area contributed by atoms with Crippen molar-refractivity contribution in [3.63, 3.8) is 0 Å². The molecule has 0 unspecified atom stereocenters. The summed E-state index contributed by atoms with van der Waals surface area (Å²) in [6.45, 7) is 0.258. The Morgan fingerprint density at radius 3 is 2.82 bits per heavy atom. The first-order valence-corrected chi connectivity index (χ1v) is 7.90. The second-order valence-electron chi connectivity index (χ2n) is 5.03. The summed E-state index contributed by atoms with van der Waals surface area (Å²) in [6.07, 6.45) is 1.47. The van der Waals surface area contributed by atoms with E-state index < -0.39 is 5.97 Å². The molecule has 0 amide bonds. The number of carboxylic acids is 1. The van der Waals surface area contributed by atoms with Crippen LogP contribution < -0.4 is 4.74 Å². The zero-order valence-electron chi connectivity index (χ0n) is 11.9. The molecule has 2 aromatic rings. The average Bonchev–Trinajstić information content (AvgIpc) is 2.71. The van der Waals surface area contributed by atoms with Crippen LogP contribution >= 0.6 is 11.8 Å². The fraction of sp³-hybridized carbons (Fsp3) is 0.235. The lowest BCUT2D eigenvalue weighted by molar-refractivity contribution is 0.0695. The maximum Gasteiger partial charge on any atom is 0.336 e. The van der Waals surface area contributed by atoms with E-state index in [0.29, 0.717) is 12.0 Å². The summed E-state index contributed by atoms with van der Waals surface area (Å²) >= 11 is 1.60. The van der Waals surface area contributed by atoms with E-state index in [1.165, 1.54) is 0 Å². The Balaban J connectivity index is 1.94. The maximum absolute atomic E-state index is 11.4. The number of hydrogen-bond acceptors (Lipinski definition) is 4. The van der Waals surface area contributed by atoms with Crippen LogP contribution in [0, 0.1) is 0 Å². The third kappa shape index (κ3) is 2.96. The predicted molar refractivity (Wildman–Crippen MR) is 84.0 cm³/mol. The van der Waals surface area contributed by atoms with Crippen LogP contribution in [0.15, 0.2) is 46.2 Å². The van der Waals surface area contributed by atoms with Gasteiger partial charge in [0.2, 0.25) is 0 Å². The van der Waals surface area contributed by atoms with Crippen molar-refractivity contribution in [2.75, 3.05) is 13.2 Å². The first-order valence-electron chi connectivity index (χ1n) is 7.08. The molecule has 0 aliphatic carbocycles. The van der Waals surface area contributed by atoms with Gasteiger partial charge < -0.3 is 14.9 Å². The highest BCUT2D eigenvalue weighted by Crippen LogP contribution is 2.39. The molecule has 1 aliphatic rings. The minimum atomic E-state index is -0.879. The monoisotopic (exact) mass is 316 g/mol. The van der Waals surface area contributed by atoms with E-state index in [2.05, 4.69) is 0 Å². The van der Waals surface area contributed by atoms with Gasteiger partial charge in [-0.15, -0.1) is 0 Å². The SMILES string of the molecule is O=C(O)c1cccc2c1CCc1cc(OCCO)ccc1S2. The molecule has 2 aromatic carbocycles. The molecule has 1 aliphatic heterocycles. The van der Waals surface area contributed by atoms with Crippen LogP contribution in [0.1, 0.15) is 21.5 Å². The summed E-state index contributed by atoms with van der Waals surface area (Å²) in [7, 11) is 0. The summed E-state index contributed by atoms with van der Waals surface area (Å²) in [5.74, 6) is -0.145. The molecule has 0 spiro atoms. The summed E-state index contributed by atoms with van der Waals surface area (Å²) in [5.41, 5.74) is 2.43. The van der Waals surface area contributed by atoms with Gasteiger partial charge in [-0.2, -0.15) is 0 Å². The molecule has 1 heterocycles. The summed E-state index contributed by atoms with van der Waals surface area (Å²) in [4.78, 5) is 13.5. The van der Waals surface area contributed by atoms with E-state index in [-0.39, 0.29) is 13.2 Å². The molecule has 0 aromatic heterocycles. The number of aromatic carboxylic acids is 1. The third-order valence-electron chi connectivity index (χ3n) is 3.62. The fourth-order valence-corrected chi connectivity index (χ4v) is 3.75. The Hall–Kier alpha value is -1.98. The Morgan fingerprint density at radius 2 is 2.05 bits per heavy atom. The predicted octanol–water partition coefficient (Wildman–Crippen LogP) is 3.01. The number of fused-ring (bicyclic) bond motifs is 2. The molecule has 0 saturated carbocycles. The van der Waals surface area contributed by atoms with E-state index in [1.807, 2.05) is 24.3 Å². The highest BCUT2D eigenvalue weighted by Gasteiger charge is 2.19. The number of benzene rings is 2. The number of aliphatic hydroxyl groups is 1. The summed E-state index contributed by atoms with van der Waals surface area (Å²) < 4.78 is 5.45. The van der Waals surface area contributed by atoms with Crippen LogP contribution in [-0.4, -0.2) is 29.4 Å². The second kappa shape index (κ2) is 6.42. The lowest BCUT2D eigenvalue weighted by atomic mass is 10.00. The van der Waals surface area contributed by atoms with Crippen LogP contribution in [0.5, 0.6) is 5.75 Å². The number of ether oxygens (including phenoxy) is 1. The Kier molecular flexibility index (Phi) is 4.36. The van der Waals surface area contributed by atoms with Gasteiger partial charge in [0.1, 0.15) is 12.4 Å². The van der Waals surface area contributed by atoms with Crippen LogP contribution in [0.25, 0.3) is 0 Å². The molecule has 0 bridgehead atoms. The van der Waals surface area contributed by atoms with E-state index in [0.717, 1.165) is 33.1 Å². The molecule has 3 rings (SSSR count). The van der Waals surface area contributed by atoms with Crippen molar-refractivity contribution in [1.29, 1.82) is 0 Å². The molecular formula is C17H16O4S. The quantitative estimate of drug-likeness (QED) is 0.907. The smallest absolute Gasteiger partial charge is 0.336 e. The average molecular weight is 316 g/mol. The van der Waals surface area contributed by atoms with Crippen molar-refractivity contribution in [3.8, 4) is 5.75 Å². The van der Waals surface area contributed by atoms with Crippen molar-refractivity contribution in [1.82, 2.24) is 0 Å². The van der Waals surface area contributed by atoms with Gasteiger partial charge in [-0.3, -0.25) is 0 Å². The molecule has 5 heteroatoms. The van der Waals surface area contributed by atoms with Gasteiger partial charge in [-0.05, 0) is 54.3 Å². The third-order valence-corrected chi connectivity index (χ3v) is 4.84. The van der Waals surface area contributed by atoms with Gasteiger partial charge >= 0.3 is 5.97 Å². The Morgan fingerprint density at radius 1 is 1.18 bits per heavy atom. The van der Waals surface area contributed by atoms with E-state index in [4.69, 9.17) is 9.84 Å². The lowest BCUT2D eigenvalue weighted by Crippen LogP contribution is -2.04. The van der Waals surface area contributed by atoms with Gasteiger partial charge in [-0.1, -0.05) is 17.8 Å². The molecule has 0 fully saturated rings. The van der Waals surface area contributed by atoms with Crippen LogP contribution in [0.4, 0.5) is 0 Å². The number of carboxylic acid groups (broad SMARTS) is 1.